The van der Waals surface area contributed by atoms with Crippen molar-refractivity contribution in [3.05, 3.63) is 64.7 Å². The molecule has 0 aromatic heterocycles. The van der Waals surface area contributed by atoms with Crippen LogP contribution in [0.15, 0.2) is 42.5 Å². The smallest absolute Gasteiger partial charge is 0.0400 e. The molecule has 1 heteroatoms. The zero-order chi connectivity index (χ0) is 13.0. The van der Waals surface area contributed by atoms with E-state index in [2.05, 4.69) is 68.6 Å². The Morgan fingerprint density at radius 2 is 1.56 bits per heavy atom. The van der Waals surface area contributed by atoms with Gasteiger partial charge in [0.1, 0.15) is 0 Å². The summed E-state index contributed by atoms with van der Waals surface area (Å²) in [5.41, 5.74) is 6.56. The van der Waals surface area contributed by atoms with Crippen LogP contribution in [0.3, 0.4) is 0 Å². The van der Waals surface area contributed by atoms with E-state index in [0.29, 0.717) is 0 Å². The predicted molar refractivity (Wildman–Crippen MR) is 79.1 cm³/mol. The average Bonchev–Trinajstić information content (AvgIpc) is 2.38. The Morgan fingerprint density at radius 1 is 0.889 bits per heavy atom. The van der Waals surface area contributed by atoms with E-state index < -0.39 is 0 Å². The van der Waals surface area contributed by atoms with E-state index in [4.69, 9.17) is 0 Å². The van der Waals surface area contributed by atoms with Crippen molar-refractivity contribution in [2.45, 2.75) is 33.7 Å². The van der Waals surface area contributed by atoms with E-state index in [1.165, 1.54) is 27.9 Å². The largest absolute Gasteiger partial charge is 0.381 e. The maximum atomic E-state index is 3.49. The summed E-state index contributed by atoms with van der Waals surface area (Å²) in [4.78, 5) is 0. The lowest BCUT2D eigenvalue weighted by Gasteiger charge is -2.10. The van der Waals surface area contributed by atoms with Crippen molar-refractivity contribution in [1.82, 2.24) is 0 Å². The van der Waals surface area contributed by atoms with E-state index in [1.807, 2.05) is 0 Å². The van der Waals surface area contributed by atoms with Crippen LogP contribution in [0.1, 0.15) is 29.2 Å². The molecule has 0 amide bonds. The molecule has 0 spiro atoms. The minimum absolute atomic E-state index is 0.883. The maximum Gasteiger partial charge on any atom is 0.0400 e. The van der Waals surface area contributed by atoms with Crippen molar-refractivity contribution in [3.8, 4) is 0 Å². The van der Waals surface area contributed by atoms with Gasteiger partial charge in [-0.05, 0) is 43.0 Å². The van der Waals surface area contributed by atoms with Crippen LogP contribution >= 0.6 is 0 Å². The number of anilines is 1. The fourth-order valence-corrected chi connectivity index (χ4v) is 2.10. The molecule has 0 unspecified atom stereocenters. The highest BCUT2D eigenvalue weighted by Crippen LogP contribution is 2.17. The van der Waals surface area contributed by atoms with Gasteiger partial charge < -0.3 is 5.32 Å². The Hall–Kier alpha value is -1.76. The van der Waals surface area contributed by atoms with E-state index in [-0.39, 0.29) is 0 Å². The highest BCUT2D eigenvalue weighted by molar-refractivity contribution is 5.52. The second-order valence-electron chi connectivity index (χ2n) is 4.84. The van der Waals surface area contributed by atoms with Crippen LogP contribution in [-0.2, 0) is 13.0 Å². The third-order valence-corrected chi connectivity index (χ3v) is 3.30. The minimum atomic E-state index is 0.883. The van der Waals surface area contributed by atoms with Gasteiger partial charge in [-0.2, -0.15) is 0 Å². The molecule has 0 aliphatic carbocycles. The first-order chi connectivity index (χ1) is 8.69. The first kappa shape index (κ1) is 12.7. The number of benzene rings is 2. The highest BCUT2D eigenvalue weighted by atomic mass is 14.9. The van der Waals surface area contributed by atoms with Crippen LogP contribution in [0.2, 0.25) is 0 Å². The van der Waals surface area contributed by atoms with Crippen LogP contribution in [0, 0.1) is 13.8 Å². The second-order valence-corrected chi connectivity index (χ2v) is 4.84. The molecule has 18 heavy (non-hydrogen) atoms. The zero-order valence-corrected chi connectivity index (χ0v) is 11.5. The number of aryl methyl sites for hydroxylation is 3. The van der Waals surface area contributed by atoms with Crippen LogP contribution < -0.4 is 5.32 Å². The topological polar surface area (TPSA) is 12.0 Å². The second kappa shape index (κ2) is 5.72. The lowest BCUT2D eigenvalue weighted by molar-refractivity contribution is 1.10. The molecule has 0 heterocycles. The molecule has 0 aliphatic heterocycles. The zero-order valence-electron chi connectivity index (χ0n) is 11.5. The number of nitrogens with one attached hydrogen (secondary N) is 1. The number of rotatable bonds is 4. The molecule has 2 aromatic rings. The lowest BCUT2D eigenvalue weighted by Crippen LogP contribution is -2.01. The molecule has 2 rings (SSSR count). The standard InChI is InChI=1S/C17H21N/c1-4-15-6-8-16(9-7-15)12-18-17-10-5-13(2)11-14(17)3/h5-11,18H,4,12H2,1-3H3. The molecule has 94 valence electrons. The third-order valence-electron chi connectivity index (χ3n) is 3.30. The molecule has 0 radical (unpaired) electrons. The van der Waals surface area contributed by atoms with Gasteiger partial charge in [0, 0.05) is 12.2 Å². The van der Waals surface area contributed by atoms with Crippen molar-refractivity contribution in [2.24, 2.45) is 0 Å². The average molecular weight is 239 g/mol. The number of hydrogen-bond acceptors (Lipinski definition) is 1. The molecular formula is C17H21N. The van der Waals surface area contributed by atoms with Crippen molar-refractivity contribution in [2.75, 3.05) is 5.32 Å². The highest BCUT2D eigenvalue weighted by Gasteiger charge is 1.98. The summed E-state index contributed by atoms with van der Waals surface area (Å²) in [6.45, 7) is 7.34. The van der Waals surface area contributed by atoms with Gasteiger partial charge in [0.05, 0.1) is 0 Å². The van der Waals surface area contributed by atoms with Gasteiger partial charge in [-0.3, -0.25) is 0 Å². The van der Waals surface area contributed by atoms with Gasteiger partial charge in [0.2, 0.25) is 0 Å². The van der Waals surface area contributed by atoms with Gasteiger partial charge in [-0.1, -0.05) is 48.9 Å². The molecule has 0 saturated carbocycles. The number of hydrogen-bond donors (Lipinski definition) is 1. The van der Waals surface area contributed by atoms with Crippen LogP contribution in [-0.4, -0.2) is 0 Å². The molecule has 1 N–H and O–H groups in total. The van der Waals surface area contributed by atoms with E-state index in [9.17, 15) is 0 Å². The van der Waals surface area contributed by atoms with Gasteiger partial charge in [-0.15, -0.1) is 0 Å². The van der Waals surface area contributed by atoms with E-state index in [0.717, 1.165) is 13.0 Å². The molecule has 0 saturated heterocycles. The van der Waals surface area contributed by atoms with Crippen molar-refractivity contribution >= 4 is 5.69 Å². The van der Waals surface area contributed by atoms with E-state index >= 15 is 0 Å². The normalized spacial score (nSPS) is 10.4. The Labute approximate surface area is 110 Å². The monoisotopic (exact) mass is 239 g/mol. The quantitative estimate of drug-likeness (QED) is 0.829. The summed E-state index contributed by atoms with van der Waals surface area (Å²) in [7, 11) is 0. The van der Waals surface area contributed by atoms with Crippen LogP contribution in [0.4, 0.5) is 5.69 Å². The molecular weight excluding hydrogens is 218 g/mol. The van der Waals surface area contributed by atoms with Gasteiger partial charge in [0.15, 0.2) is 0 Å². The summed E-state index contributed by atoms with van der Waals surface area (Å²) in [6, 6.07) is 15.3. The Morgan fingerprint density at radius 3 is 2.17 bits per heavy atom. The van der Waals surface area contributed by atoms with Crippen molar-refractivity contribution < 1.29 is 0 Å². The molecule has 2 aromatic carbocycles. The van der Waals surface area contributed by atoms with Crippen LogP contribution in [0.25, 0.3) is 0 Å². The van der Waals surface area contributed by atoms with Gasteiger partial charge >= 0.3 is 0 Å². The molecule has 0 atom stereocenters. The van der Waals surface area contributed by atoms with Crippen molar-refractivity contribution in [3.63, 3.8) is 0 Å². The van der Waals surface area contributed by atoms with E-state index in [1.54, 1.807) is 0 Å². The fourth-order valence-electron chi connectivity index (χ4n) is 2.10. The van der Waals surface area contributed by atoms with Crippen LogP contribution in [0.5, 0.6) is 0 Å². The van der Waals surface area contributed by atoms with Gasteiger partial charge in [-0.25, -0.2) is 0 Å². The Balaban J connectivity index is 2.02. The maximum absolute atomic E-state index is 3.49. The molecule has 1 nitrogen and oxygen atoms in total. The summed E-state index contributed by atoms with van der Waals surface area (Å²) in [6.07, 6.45) is 1.10. The summed E-state index contributed by atoms with van der Waals surface area (Å²) in [5, 5.41) is 3.49. The SMILES string of the molecule is CCc1ccc(CNc2ccc(C)cc2C)cc1. The molecule has 0 aliphatic rings. The minimum Gasteiger partial charge on any atom is -0.381 e. The first-order valence-corrected chi connectivity index (χ1v) is 6.58. The molecule has 0 fully saturated rings. The Bertz CT molecular complexity index is 512. The van der Waals surface area contributed by atoms with Crippen molar-refractivity contribution in [1.29, 1.82) is 0 Å². The summed E-state index contributed by atoms with van der Waals surface area (Å²) < 4.78 is 0. The lowest BCUT2D eigenvalue weighted by atomic mass is 10.1. The summed E-state index contributed by atoms with van der Waals surface area (Å²) >= 11 is 0. The first-order valence-electron chi connectivity index (χ1n) is 6.58. The molecule has 0 bridgehead atoms. The van der Waals surface area contributed by atoms with Gasteiger partial charge in [0.25, 0.3) is 0 Å². The third kappa shape index (κ3) is 3.13. The Kier molecular flexibility index (Phi) is 4.03. The fraction of sp³-hybridized carbons (Fsp3) is 0.294. The summed E-state index contributed by atoms with van der Waals surface area (Å²) in [5.74, 6) is 0. The predicted octanol–water partition coefficient (Wildman–Crippen LogP) is 4.48.